The molecule has 0 saturated heterocycles. The smallest absolute Gasteiger partial charge is 0.212 e. The second kappa shape index (κ2) is 8.25. The molecule has 5 rings (SSSR count). The molecule has 3 heteroatoms. The zero-order valence-corrected chi connectivity index (χ0v) is 21.2. The quantitative estimate of drug-likeness (QED) is 0.275. The van der Waals surface area contributed by atoms with E-state index in [0.29, 0.717) is 0 Å². The van der Waals surface area contributed by atoms with Gasteiger partial charge in [-0.2, -0.15) is 0 Å². The molecule has 0 aliphatic heterocycles. The van der Waals surface area contributed by atoms with Crippen LogP contribution in [0.5, 0.6) is 0 Å². The summed E-state index contributed by atoms with van der Waals surface area (Å²) in [5.41, 5.74) is 14.8. The van der Waals surface area contributed by atoms with Crippen molar-refractivity contribution < 1.29 is 4.57 Å². The Morgan fingerprint density at radius 2 is 1.44 bits per heavy atom. The molecule has 3 nitrogen and oxygen atoms in total. The third-order valence-electron chi connectivity index (χ3n) is 7.08. The van der Waals surface area contributed by atoms with E-state index >= 15 is 0 Å². The second-order valence-electron chi connectivity index (χ2n) is 9.60. The molecule has 0 atom stereocenters. The Hall–Kier alpha value is -3.72. The number of fused-ring (bicyclic) bond motifs is 1. The maximum Gasteiger partial charge on any atom is 0.212 e. The molecule has 2 heterocycles. The highest BCUT2D eigenvalue weighted by molar-refractivity contribution is 5.85. The lowest BCUT2D eigenvalue weighted by molar-refractivity contribution is -0.659. The Morgan fingerprint density at radius 3 is 2.15 bits per heavy atom. The number of aromatic nitrogens is 3. The Bertz CT molecular complexity index is 1550. The van der Waals surface area contributed by atoms with E-state index in [1.54, 1.807) is 0 Å². The van der Waals surface area contributed by atoms with Crippen LogP contribution in [0.1, 0.15) is 27.8 Å². The average Bonchev–Trinajstić information content (AvgIpc) is 3.11. The van der Waals surface area contributed by atoms with Crippen molar-refractivity contribution in [1.29, 1.82) is 0 Å². The van der Waals surface area contributed by atoms with Gasteiger partial charge in [0.15, 0.2) is 6.20 Å². The van der Waals surface area contributed by atoms with Crippen molar-refractivity contribution in [2.45, 2.75) is 34.6 Å². The fourth-order valence-electron chi connectivity index (χ4n) is 5.33. The summed E-state index contributed by atoms with van der Waals surface area (Å²) < 4.78 is 4.47. The summed E-state index contributed by atoms with van der Waals surface area (Å²) in [6.45, 7) is 10.9. The molecule has 34 heavy (non-hydrogen) atoms. The van der Waals surface area contributed by atoms with E-state index in [0.717, 1.165) is 11.3 Å². The first kappa shape index (κ1) is 22.1. The predicted molar refractivity (Wildman–Crippen MR) is 142 cm³/mol. The summed E-state index contributed by atoms with van der Waals surface area (Å²) in [5.74, 6) is 1.01. The molecule has 0 unspecified atom stereocenters. The maximum absolute atomic E-state index is 5.07. The lowest BCUT2D eigenvalue weighted by Gasteiger charge is -2.12. The van der Waals surface area contributed by atoms with Crippen LogP contribution in [0.4, 0.5) is 0 Å². The molecule has 2 aromatic heterocycles. The highest BCUT2D eigenvalue weighted by atomic mass is 15.1. The van der Waals surface area contributed by atoms with Gasteiger partial charge in [0, 0.05) is 29.8 Å². The van der Waals surface area contributed by atoms with E-state index in [1.807, 2.05) is 0 Å². The second-order valence-corrected chi connectivity index (χ2v) is 9.60. The minimum Gasteiger partial charge on any atom is -0.327 e. The number of pyridine rings is 1. The summed E-state index contributed by atoms with van der Waals surface area (Å²) in [7, 11) is 4.26. The van der Waals surface area contributed by atoms with Gasteiger partial charge in [-0.05, 0) is 86.2 Å². The average molecular weight is 447 g/mol. The van der Waals surface area contributed by atoms with Gasteiger partial charge in [0.05, 0.1) is 11.0 Å². The Morgan fingerprint density at radius 1 is 0.765 bits per heavy atom. The molecule has 0 spiro atoms. The van der Waals surface area contributed by atoms with Crippen molar-refractivity contribution >= 4 is 11.0 Å². The molecule has 3 aromatic carbocycles. The summed E-state index contributed by atoms with van der Waals surface area (Å²) in [6.07, 6.45) is 2.25. The van der Waals surface area contributed by atoms with E-state index in [2.05, 4.69) is 125 Å². The van der Waals surface area contributed by atoms with Crippen LogP contribution in [0.2, 0.25) is 0 Å². The fraction of sp³-hybridized carbons (Fsp3) is 0.226. The van der Waals surface area contributed by atoms with Crippen LogP contribution in [0.25, 0.3) is 44.8 Å². The SMILES string of the molecule is Cc1cc(C)c2nc(-c3cccc(-c4ccc(-c5c(C)cccc5C)c[n+]4C)c3C)n(C)c2c1. The molecule has 5 aromatic rings. The van der Waals surface area contributed by atoms with Crippen molar-refractivity contribution in [2.24, 2.45) is 14.1 Å². The summed E-state index contributed by atoms with van der Waals surface area (Å²) in [6, 6.07) is 22.0. The summed E-state index contributed by atoms with van der Waals surface area (Å²) in [4.78, 5) is 5.07. The van der Waals surface area contributed by atoms with Gasteiger partial charge >= 0.3 is 0 Å². The third-order valence-corrected chi connectivity index (χ3v) is 7.08. The zero-order valence-electron chi connectivity index (χ0n) is 21.2. The van der Waals surface area contributed by atoms with Crippen LogP contribution < -0.4 is 4.57 Å². The molecule has 0 aliphatic rings. The Balaban J connectivity index is 1.64. The van der Waals surface area contributed by atoms with E-state index in [-0.39, 0.29) is 0 Å². The van der Waals surface area contributed by atoms with Crippen LogP contribution in [0.3, 0.4) is 0 Å². The molecular weight excluding hydrogens is 414 g/mol. The van der Waals surface area contributed by atoms with Crippen LogP contribution in [0.15, 0.2) is 66.9 Å². The van der Waals surface area contributed by atoms with E-state index in [1.165, 1.54) is 61.3 Å². The first-order chi connectivity index (χ1) is 16.3. The van der Waals surface area contributed by atoms with Gasteiger partial charge in [-0.25, -0.2) is 9.55 Å². The van der Waals surface area contributed by atoms with Crippen molar-refractivity contribution in [3.05, 3.63) is 94.7 Å². The number of nitrogens with zero attached hydrogens (tertiary/aromatic N) is 3. The third kappa shape index (κ3) is 3.52. The van der Waals surface area contributed by atoms with Gasteiger partial charge in [-0.1, -0.05) is 36.4 Å². The maximum atomic E-state index is 5.07. The van der Waals surface area contributed by atoms with E-state index < -0.39 is 0 Å². The lowest BCUT2D eigenvalue weighted by atomic mass is 9.95. The molecule has 0 bridgehead atoms. The number of benzene rings is 3. The normalized spacial score (nSPS) is 11.4. The minimum absolute atomic E-state index is 1.01. The number of hydrogen-bond acceptors (Lipinski definition) is 1. The first-order valence-corrected chi connectivity index (χ1v) is 11.9. The van der Waals surface area contributed by atoms with Crippen molar-refractivity contribution in [3.8, 4) is 33.8 Å². The Labute approximate surface area is 202 Å². The van der Waals surface area contributed by atoms with Crippen molar-refractivity contribution in [2.75, 3.05) is 0 Å². The van der Waals surface area contributed by atoms with Crippen LogP contribution >= 0.6 is 0 Å². The monoisotopic (exact) mass is 446 g/mol. The molecular formula is C31H32N3+. The lowest BCUT2D eigenvalue weighted by Crippen LogP contribution is -2.31. The summed E-state index contributed by atoms with van der Waals surface area (Å²) in [5, 5.41) is 0. The molecule has 0 N–H and O–H groups in total. The summed E-state index contributed by atoms with van der Waals surface area (Å²) >= 11 is 0. The highest BCUT2D eigenvalue weighted by Gasteiger charge is 2.20. The zero-order chi connectivity index (χ0) is 24.1. The van der Waals surface area contributed by atoms with Crippen molar-refractivity contribution in [3.63, 3.8) is 0 Å². The Kier molecular flexibility index (Phi) is 5.36. The first-order valence-electron chi connectivity index (χ1n) is 11.9. The van der Waals surface area contributed by atoms with Gasteiger partial charge in [0.25, 0.3) is 0 Å². The van der Waals surface area contributed by atoms with Crippen LogP contribution in [-0.2, 0) is 14.1 Å². The highest BCUT2D eigenvalue weighted by Crippen LogP contribution is 2.34. The van der Waals surface area contributed by atoms with Gasteiger partial charge < -0.3 is 4.57 Å². The topological polar surface area (TPSA) is 21.7 Å². The molecule has 0 saturated carbocycles. The van der Waals surface area contributed by atoms with E-state index in [9.17, 15) is 0 Å². The predicted octanol–water partition coefficient (Wildman–Crippen LogP) is 6.94. The molecule has 0 amide bonds. The fourth-order valence-corrected chi connectivity index (χ4v) is 5.33. The molecule has 0 fully saturated rings. The number of rotatable bonds is 3. The van der Waals surface area contributed by atoms with Gasteiger partial charge in [-0.3, -0.25) is 0 Å². The molecule has 0 radical (unpaired) electrons. The van der Waals surface area contributed by atoms with Gasteiger partial charge in [0.2, 0.25) is 5.69 Å². The van der Waals surface area contributed by atoms with Crippen LogP contribution in [0, 0.1) is 34.6 Å². The standard InChI is InChI=1S/C31H32N3/c1-19-16-22(4)30-28(17-19)34(7)31(32-30)26-13-9-12-25(23(26)5)27-15-14-24(18-33(27)6)29-20(2)10-8-11-21(29)3/h8-18H,1-7H3/q+1. The number of imidazole rings is 1. The number of hydrogen-bond donors (Lipinski definition) is 0. The minimum atomic E-state index is 1.01. The largest absolute Gasteiger partial charge is 0.327 e. The number of aryl methyl sites for hydroxylation is 6. The molecule has 170 valence electrons. The van der Waals surface area contributed by atoms with Crippen LogP contribution in [-0.4, -0.2) is 9.55 Å². The molecule has 0 aliphatic carbocycles. The van der Waals surface area contributed by atoms with Crippen molar-refractivity contribution in [1.82, 2.24) is 9.55 Å². The van der Waals surface area contributed by atoms with Gasteiger partial charge in [0.1, 0.15) is 12.9 Å². The van der Waals surface area contributed by atoms with E-state index in [4.69, 9.17) is 4.98 Å². The van der Waals surface area contributed by atoms with Gasteiger partial charge in [-0.15, -0.1) is 0 Å².